The van der Waals surface area contributed by atoms with Crippen molar-refractivity contribution in [1.29, 1.82) is 0 Å². The van der Waals surface area contributed by atoms with E-state index < -0.39 is 15.8 Å². The molecule has 0 fully saturated rings. The quantitative estimate of drug-likeness (QED) is 0.650. The van der Waals surface area contributed by atoms with E-state index in [-0.39, 0.29) is 15.9 Å². The Labute approximate surface area is 150 Å². The molecule has 2 N–H and O–H groups in total. The first kappa shape index (κ1) is 19.3. The van der Waals surface area contributed by atoms with E-state index in [9.17, 15) is 17.6 Å². The van der Waals surface area contributed by atoms with Crippen LogP contribution in [-0.4, -0.2) is 25.9 Å². The van der Waals surface area contributed by atoms with Gasteiger partial charge < -0.3 is 5.32 Å². The lowest BCUT2D eigenvalue weighted by Gasteiger charge is -2.05. The van der Waals surface area contributed by atoms with Gasteiger partial charge in [-0.25, -0.2) is 17.8 Å². The number of nitrogens with one attached hydrogen (secondary N) is 2. The zero-order valence-electron chi connectivity index (χ0n) is 13.8. The number of unbranched alkanes of at least 4 members (excludes halogenated alkanes) is 1. The predicted molar refractivity (Wildman–Crippen MR) is 95.6 cm³/mol. The molecule has 1 aromatic carbocycles. The number of nitrogens with zero attached hydrogens (tertiary/aromatic N) is 1. The number of aromatic nitrogens is 1. The number of rotatable bonds is 9. The van der Waals surface area contributed by atoms with Crippen molar-refractivity contribution in [3.8, 4) is 0 Å². The van der Waals surface area contributed by atoms with Crippen LogP contribution in [0.5, 0.6) is 0 Å². The average molecular weight is 385 g/mol. The summed E-state index contributed by atoms with van der Waals surface area (Å²) in [5, 5.41) is 4.74. The van der Waals surface area contributed by atoms with Crippen LogP contribution in [0.15, 0.2) is 34.5 Å². The maximum absolute atomic E-state index is 12.9. The lowest BCUT2D eigenvalue weighted by Crippen LogP contribution is -2.24. The minimum atomic E-state index is -3.81. The molecular weight excluding hydrogens is 365 g/mol. The number of halogens is 1. The van der Waals surface area contributed by atoms with Crippen molar-refractivity contribution >= 4 is 32.4 Å². The Balaban J connectivity index is 1.90. The normalized spacial score (nSPS) is 11.3. The Morgan fingerprint density at radius 2 is 2.00 bits per heavy atom. The molecule has 0 unspecified atom stereocenters. The van der Waals surface area contributed by atoms with Crippen LogP contribution in [0.2, 0.25) is 0 Å². The largest absolute Gasteiger partial charge is 0.356 e. The predicted octanol–water partition coefficient (Wildman–Crippen LogP) is 2.93. The van der Waals surface area contributed by atoms with Gasteiger partial charge in [-0.2, -0.15) is 0 Å². The van der Waals surface area contributed by atoms with Gasteiger partial charge in [-0.05, 0) is 37.1 Å². The fourth-order valence-corrected chi connectivity index (χ4v) is 3.99. The van der Waals surface area contributed by atoms with Gasteiger partial charge in [0.2, 0.25) is 5.91 Å². The van der Waals surface area contributed by atoms with E-state index in [0.717, 1.165) is 36.3 Å². The van der Waals surface area contributed by atoms with Crippen LogP contribution < -0.4 is 10.0 Å². The highest BCUT2D eigenvalue weighted by molar-refractivity contribution is 7.93. The maximum atomic E-state index is 12.9. The summed E-state index contributed by atoms with van der Waals surface area (Å²) in [7, 11) is -3.81. The zero-order valence-corrected chi connectivity index (χ0v) is 15.4. The molecule has 0 saturated heterocycles. The molecule has 0 aliphatic carbocycles. The molecule has 0 radical (unpaired) electrons. The van der Waals surface area contributed by atoms with E-state index in [1.54, 1.807) is 5.38 Å². The van der Waals surface area contributed by atoms with Gasteiger partial charge in [-0.15, -0.1) is 11.3 Å². The van der Waals surface area contributed by atoms with Gasteiger partial charge in [0.1, 0.15) is 5.82 Å². The van der Waals surface area contributed by atoms with Crippen molar-refractivity contribution in [2.24, 2.45) is 0 Å². The molecule has 2 aromatic rings. The highest BCUT2D eigenvalue weighted by Gasteiger charge is 2.16. The van der Waals surface area contributed by atoms with Gasteiger partial charge >= 0.3 is 0 Å². The molecule has 0 saturated carbocycles. The van der Waals surface area contributed by atoms with Crippen LogP contribution in [0, 0.1) is 5.82 Å². The number of carbonyl (C=O) groups excluding carboxylic acids is 1. The Bertz CT molecular complexity index is 804. The summed E-state index contributed by atoms with van der Waals surface area (Å²) in [4.78, 5) is 15.8. The van der Waals surface area contributed by atoms with E-state index in [1.165, 1.54) is 12.1 Å². The Morgan fingerprint density at radius 1 is 1.28 bits per heavy atom. The van der Waals surface area contributed by atoms with Gasteiger partial charge in [-0.3, -0.25) is 9.52 Å². The number of amides is 1. The first-order valence-electron chi connectivity index (χ1n) is 7.90. The second kappa shape index (κ2) is 8.91. The molecule has 0 aliphatic rings. The summed E-state index contributed by atoms with van der Waals surface area (Å²) in [5.74, 6) is -0.553. The summed E-state index contributed by atoms with van der Waals surface area (Å²) in [5.41, 5.74) is 0.646. The molecule has 0 aliphatic heterocycles. The average Bonchev–Trinajstić information content (AvgIpc) is 3.00. The van der Waals surface area contributed by atoms with Gasteiger partial charge in [0, 0.05) is 18.3 Å². The Morgan fingerprint density at radius 3 is 2.68 bits per heavy atom. The number of hydrogen-bond donors (Lipinski definition) is 2. The van der Waals surface area contributed by atoms with E-state index >= 15 is 0 Å². The first-order valence-corrected chi connectivity index (χ1v) is 10.3. The minimum absolute atomic E-state index is 0.0408. The number of anilines is 1. The maximum Gasteiger partial charge on any atom is 0.263 e. The Hall–Kier alpha value is -2.00. The highest BCUT2D eigenvalue weighted by atomic mass is 32.2. The van der Waals surface area contributed by atoms with Crippen LogP contribution in [0.4, 0.5) is 9.52 Å². The molecule has 1 amide bonds. The molecule has 136 valence electrons. The van der Waals surface area contributed by atoms with Crippen molar-refractivity contribution < 1.29 is 17.6 Å². The third-order valence-electron chi connectivity index (χ3n) is 3.36. The van der Waals surface area contributed by atoms with E-state index in [4.69, 9.17) is 0 Å². The van der Waals surface area contributed by atoms with Gasteiger partial charge in [0.25, 0.3) is 10.0 Å². The number of hydrogen-bond acceptors (Lipinski definition) is 5. The second-order valence-corrected chi connectivity index (χ2v) is 7.95. The van der Waals surface area contributed by atoms with Crippen molar-refractivity contribution in [1.82, 2.24) is 10.3 Å². The SMILES string of the molecule is CCCCNC(=O)CCc1csc(NS(=O)(=O)c2ccc(F)cc2)n1. The van der Waals surface area contributed by atoms with Crippen LogP contribution in [0.3, 0.4) is 0 Å². The standard InChI is InChI=1S/C16H20FN3O3S2/c1-2-3-10-18-15(21)9-6-13-11-24-16(19-13)20-25(22,23)14-7-4-12(17)5-8-14/h4-5,7-8,11H,2-3,6,9-10H2,1H3,(H,18,21)(H,19,20). The van der Waals surface area contributed by atoms with Crippen LogP contribution in [0.25, 0.3) is 0 Å². The first-order chi connectivity index (χ1) is 11.9. The van der Waals surface area contributed by atoms with Crippen molar-refractivity contribution in [2.45, 2.75) is 37.5 Å². The van der Waals surface area contributed by atoms with Crippen molar-refractivity contribution in [3.05, 3.63) is 41.2 Å². The van der Waals surface area contributed by atoms with Gasteiger partial charge in [-0.1, -0.05) is 13.3 Å². The molecule has 1 aromatic heterocycles. The zero-order chi connectivity index (χ0) is 18.3. The number of thiazole rings is 1. The number of sulfonamides is 1. The van der Waals surface area contributed by atoms with E-state index in [2.05, 4.69) is 21.9 Å². The molecule has 6 nitrogen and oxygen atoms in total. The van der Waals surface area contributed by atoms with Crippen molar-refractivity contribution in [2.75, 3.05) is 11.3 Å². The topological polar surface area (TPSA) is 88.2 Å². The fourth-order valence-electron chi connectivity index (χ4n) is 1.99. The molecular formula is C16H20FN3O3S2. The van der Waals surface area contributed by atoms with Crippen LogP contribution in [0.1, 0.15) is 31.9 Å². The summed E-state index contributed by atoms with van der Waals surface area (Å²) in [6.07, 6.45) is 2.70. The highest BCUT2D eigenvalue weighted by Crippen LogP contribution is 2.21. The summed E-state index contributed by atoms with van der Waals surface area (Å²) in [6.45, 7) is 2.71. The fraction of sp³-hybridized carbons (Fsp3) is 0.375. The monoisotopic (exact) mass is 385 g/mol. The van der Waals surface area contributed by atoms with Crippen molar-refractivity contribution in [3.63, 3.8) is 0 Å². The second-order valence-electron chi connectivity index (χ2n) is 5.41. The molecule has 0 atom stereocenters. The molecule has 1 heterocycles. The van der Waals surface area contributed by atoms with E-state index in [1.807, 2.05) is 0 Å². The molecule has 25 heavy (non-hydrogen) atoms. The number of carbonyl (C=O) groups is 1. The lowest BCUT2D eigenvalue weighted by molar-refractivity contribution is -0.121. The Kier molecular flexibility index (Phi) is 6.89. The smallest absolute Gasteiger partial charge is 0.263 e. The summed E-state index contributed by atoms with van der Waals surface area (Å²) < 4.78 is 39.7. The third-order valence-corrected chi connectivity index (χ3v) is 5.65. The molecule has 0 bridgehead atoms. The molecule has 2 rings (SSSR count). The number of aryl methyl sites for hydroxylation is 1. The number of benzene rings is 1. The van der Waals surface area contributed by atoms with Gasteiger partial charge in [0.15, 0.2) is 5.13 Å². The molecule has 0 spiro atoms. The molecule has 9 heteroatoms. The van der Waals surface area contributed by atoms with Crippen LogP contribution in [-0.2, 0) is 21.2 Å². The van der Waals surface area contributed by atoms with Gasteiger partial charge in [0.05, 0.1) is 10.6 Å². The lowest BCUT2D eigenvalue weighted by atomic mass is 10.2. The van der Waals surface area contributed by atoms with E-state index in [0.29, 0.717) is 25.1 Å². The van der Waals surface area contributed by atoms with Crippen LogP contribution >= 0.6 is 11.3 Å². The summed E-state index contributed by atoms with van der Waals surface area (Å²) in [6, 6.07) is 4.54. The summed E-state index contributed by atoms with van der Waals surface area (Å²) >= 11 is 1.14. The third kappa shape index (κ3) is 6.09. The minimum Gasteiger partial charge on any atom is -0.356 e.